The first-order chi connectivity index (χ1) is 8.27. The average Bonchev–Trinajstić information content (AvgIpc) is 2.38. The normalized spacial score (nSPS) is 10.1. The summed E-state index contributed by atoms with van der Waals surface area (Å²) in [5.74, 6) is 0.641. The van der Waals surface area contributed by atoms with Crippen LogP contribution in [0.5, 0.6) is 0 Å². The Hall–Kier alpha value is -2.16. The Kier molecular flexibility index (Phi) is 3.50. The molecule has 2 N–H and O–H groups in total. The zero-order valence-corrected chi connectivity index (χ0v) is 9.47. The molecule has 0 saturated carbocycles. The first kappa shape index (κ1) is 11.3. The van der Waals surface area contributed by atoms with Crippen molar-refractivity contribution >= 4 is 11.6 Å². The summed E-state index contributed by atoms with van der Waals surface area (Å²) in [4.78, 5) is 15.9. The molecule has 2 aromatic rings. The lowest BCUT2D eigenvalue weighted by atomic mass is 10.0. The van der Waals surface area contributed by atoms with E-state index in [4.69, 9.17) is 5.73 Å². The van der Waals surface area contributed by atoms with Crippen molar-refractivity contribution in [2.45, 2.75) is 12.8 Å². The van der Waals surface area contributed by atoms with Crippen LogP contribution in [0.25, 0.3) is 0 Å². The lowest BCUT2D eigenvalue weighted by Gasteiger charge is -2.03. The quantitative estimate of drug-likeness (QED) is 0.815. The maximum absolute atomic E-state index is 11.9. The summed E-state index contributed by atoms with van der Waals surface area (Å²) in [6.45, 7) is 0. The van der Waals surface area contributed by atoms with Crippen LogP contribution in [0.3, 0.4) is 0 Å². The number of pyridine rings is 1. The van der Waals surface area contributed by atoms with Gasteiger partial charge in [-0.2, -0.15) is 0 Å². The molecule has 0 radical (unpaired) electrons. The van der Waals surface area contributed by atoms with Crippen LogP contribution < -0.4 is 5.73 Å². The number of nitrogens with zero attached hydrogens (tertiary/aromatic N) is 1. The highest BCUT2D eigenvalue weighted by Gasteiger charge is 2.06. The van der Waals surface area contributed by atoms with E-state index in [9.17, 15) is 4.79 Å². The molecule has 0 saturated heterocycles. The number of anilines is 1. The smallest absolute Gasteiger partial charge is 0.163 e. The molecule has 86 valence electrons. The maximum Gasteiger partial charge on any atom is 0.163 e. The third-order valence-electron chi connectivity index (χ3n) is 2.64. The lowest BCUT2D eigenvalue weighted by Crippen LogP contribution is -2.03. The van der Waals surface area contributed by atoms with E-state index < -0.39 is 0 Å². The predicted octanol–water partition coefficient (Wildman–Crippen LogP) is 2.48. The molecule has 0 bridgehead atoms. The van der Waals surface area contributed by atoms with Crippen LogP contribution in [0.2, 0.25) is 0 Å². The van der Waals surface area contributed by atoms with Gasteiger partial charge in [0.2, 0.25) is 0 Å². The van der Waals surface area contributed by atoms with Crippen molar-refractivity contribution in [3.05, 3.63) is 59.8 Å². The van der Waals surface area contributed by atoms with Crippen molar-refractivity contribution in [1.82, 2.24) is 4.98 Å². The maximum atomic E-state index is 11.9. The predicted molar refractivity (Wildman–Crippen MR) is 67.7 cm³/mol. The molecule has 3 nitrogen and oxygen atoms in total. The number of rotatable bonds is 4. The second kappa shape index (κ2) is 5.25. The number of hydrogen-bond acceptors (Lipinski definition) is 3. The third-order valence-corrected chi connectivity index (χ3v) is 2.64. The molecule has 1 aromatic carbocycles. The van der Waals surface area contributed by atoms with Crippen molar-refractivity contribution in [1.29, 1.82) is 0 Å². The highest BCUT2D eigenvalue weighted by Crippen LogP contribution is 2.12. The van der Waals surface area contributed by atoms with Gasteiger partial charge in [0.25, 0.3) is 0 Å². The van der Waals surface area contributed by atoms with Gasteiger partial charge in [0, 0.05) is 18.2 Å². The summed E-state index contributed by atoms with van der Waals surface area (Å²) < 4.78 is 0. The SMILES string of the molecule is Nc1ncccc1CCC(=O)c1ccccc1. The van der Waals surface area contributed by atoms with Gasteiger partial charge in [-0.3, -0.25) is 4.79 Å². The number of aryl methyl sites for hydroxylation is 1. The number of aromatic nitrogens is 1. The van der Waals surface area contributed by atoms with Gasteiger partial charge in [0.1, 0.15) is 5.82 Å². The number of nitrogen functional groups attached to an aromatic ring is 1. The van der Waals surface area contributed by atoms with Crippen LogP contribution in [-0.2, 0) is 6.42 Å². The summed E-state index contributed by atoms with van der Waals surface area (Å²) in [7, 11) is 0. The van der Waals surface area contributed by atoms with Gasteiger partial charge in [0.15, 0.2) is 5.78 Å². The summed E-state index contributed by atoms with van der Waals surface area (Å²) in [6, 6.07) is 13.0. The van der Waals surface area contributed by atoms with Crippen LogP contribution in [0.15, 0.2) is 48.7 Å². The van der Waals surface area contributed by atoms with Crippen molar-refractivity contribution < 1.29 is 4.79 Å². The molecular formula is C14H14N2O. The number of ketones is 1. The van der Waals surface area contributed by atoms with Gasteiger partial charge in [-0.15, -0.1) is 0 Å². The molecule has 17 heavy (non-hydrogen) atoms. The highest BCUT2D eigenvalue weighted by atomic mass is 16.1. The monoisotopic (exact) mass is 226 g/mol. The van der Waals surface area contributed by atoms with E-state index in [1.54, 1.807) is 6.20 Å². The highest BCUT2D eigenvalue weighted by molar-refractivity contribution is 5.96. The molecule has 0 atom stereocenters. The van der Waals surface area contributed by atoms with E-state index in [1.807, 2.05) is 42.5 Å². The first-order valence-corrected chi connectivity index (χ1v) is 5.55. The topological polar surface area (TPSA) is 56.0 Å². The molecule has 0 aliphatic heterocycles. The number of carbonyl (C=O) groups excluding carboxylic acids is 1. The molecule has 0 aliphatic rings. The zero-order valence-electron chi connectivity index (χ0n) is 9.47. The minimum atomic E-state index is 0.133. The molecule has 0 aliphatic carbocycles. The van der Waals surface area contributed by atoms with Crippen LogP contribution >= 0.6 is 0 Å². The van der Waals surface area contributed by atoms with E-state index in [0.29, 0.717) is 18.7 Å². The molecule has 0 unspecified atom stereocenters. The Morgan fingerprint density at radius 2 is 1.88 bits per heavy atom. The Bertz CT molecular complexity index is 509. The molecule has 3 heteroatoms. The second-order valence-electron chi connectivity index (χ2n) is 3.84. The Morgan fingerprint density at radius 1 is 1.12 bits per heavy atom. The van der Waals surface area contributed by atoms with Crippen LogP contribution in [-0.4, -0.2) is 10.8 Å². The van der Waals surface area contributed by atoms with Crippen molar-refractivity contribution in [2.75, 3.05) is 5.73 Å². The van der Waals surface area contributed by atoms with Gasteiger partial charge < -0.3 is 5.73 Å². The number of benzene rings is 1. The molecule has 2 rings (SSSR count). The van der Waals surface area contributed by atoms with E-state index in [0.717, 1.165) is 11.1 Å². The van der Waals surface area contributed by atoms with Gasteiger partial charge in [-0.1, -0.05) is 36.4 Å². The molecule has 0 amide bonds. The molecular weight excluding hydrogens is 212 g/mol. The molecule has 0 fully saturated rings. The number of hydrogen-bond donors (Lipinski definition) is 1. The van der Waals surface area contributed by atoms with Crippen molar-refractivity contribution in [3.8, 4) is 0 Å². The van der Waals surface area contributed by atoms with E-state index in [-0.39, 0.29) is 5.78 Å². The van der Waals surface area contributed by atoms with Crippen LogP contribution in [0.4, 0.5) is 5.82 Å². The summed E-state index contributed by atoms with van der Waals surface area (Å²) in [6.07, 6.45) is 2.74. The fourth-order valence-electron chi connectivity index (χ4n) is 1.68. The molecule has 0 spiro atoms. The van der Waals surface area contributed by atoms with Crippen molar-refractivity contribution in [3.63, 3.8) is 0 Å². The van der Waals surface area contributed by atoms with Gasteiger partial charge >= 0.3 is 0 Å². The van der Waals surface area contributed by atoms with Crippen LogP contribution in [0.1, 0.15) is 22.3 Å². The van der Waals surface area contributed by atoms with Gasteiger partial charge in [0.05, 0.1) is 0 Å². The van der Waals surface area contributed by atoms with Crippen LogP contribution in [0, 0.1) is 0 Å². The second-order valence-corrected chi connectivity index (χ2v) is 3.84. The first-order valence-electron chi connectivity index (χ1n) is 5.55. The van der Waals surface area contributed by atoms with E-state index in [1.165, 1.54) is 0 Å². The van der Waals surface area contributed by atoms with E-state index >= 15 is 0 Å². The average molecular weight is 226 g/mol. The Labute approximate surface area is 100 Å². The van der Waals surface area contributed by atoms with Crippen molar-refractivity contribution in [2.24, 2.45) is 0 Å². The number of Topliss-reactive ketones (excluding diaryl/α,β-unsaturated/α-hetero) is 1. The minimum absolute atomic E-state index is 0.133. The fourth-order valence-corrected chi connectivity index (χ4v) is 1.68. The summed E-state index contributed by atoms with van der Waals surface area (Å²) >= 11 is 0. The van der Waals surface area contributed by atoms with Gasteiger partial charge in [-0.05, 0) is 18.1 Å². The largest absolute Gasteiger partial charge is 0.383 e. The standard InChI is InChI=1S/C14H14N2O/c15-14-12(7-4-10-16-14)8-9-13(17)11-5-2-1-3-6-11/h1-7,10H,8-9H2,(H2,15,16). The fraction of sp³-hybridized carbons (Fsp3) is 0.143. The Balaban J connectivity index is 2.00. The number of carbonyl (C=O) groups is 1. The molecule has 1 heterocycles. The van der Waals surface area contributed by atoms with Gasteiger partial charge in [-0.25, -0.2) is 4.98 Å². The summed E-state index contributed by atoms with van der Waals surface area (Å²) in [5, 5.41) is 0. The zero-order chi connectivity index (χ0) is 12.1. The molecule has 1 aromatic heterocycles. The summed E-state index contributed by atoms with van der Waals surface area (Å²) in [5.41, 5.74) is 7.40. The Morgan fingerprint density at radius 3 is 2.59 bits per heavy atom. The lowest BCUT2D eigenvalue weighted by molar-refractivity contribution is 0.0983. The van der Waals surface area contributed by atoms with E-state index in [2.05, 4.69) is 4.98 Å². The minimum Gasteiger partial charge on any atom is -0.383 e. The number of nitrogens with two attached hydrogens (primary N) is 1. The third kappa shape index (κ3) is 2.91.